The lowest BCUT2D eigenvalue weighted by Crippen LogP contribution is -1.97. The number of hydrogen-bond donors (Lipinski definition) is 0. The zero-order chi connectivity index (χ0) is 51.6. The summed E-state index contributed by atoms with van der Waals surface area (Å²) in [5, 5.41) is 8.71. The van der Waals surface area contributed by atoms with Crippen LogP contribution in [0.4, 0.5) is 17.6 Å². The van der Waals surface area contributed by atoms with Crippen LogP contribution in [-0.4, -0.2) is 12.1 Å². The summed E-state index contributed by atoms with van der Waals surface area (Å²) in [5.74, 6) is -4.51. The van der Waals surface area contributed by atoms with Crippen molar-refractivity contribution in [2.24, 2.45) is 0 Å². The van der Waals surface area contributed by atoms with Gasteiger partial charge in [0.2, 0.25) is 0 Å². The van der Waals surface area contributed by atoms with Crippen LogP contribution in [0.1, 0.15) is 29.2 Å². The SMILES string of the molecule is CCc1ccc(OC)cc1.Cc1c(F)c(F)cc(F)c1F.Cc1ccc(C)cc1.c1ccc2occc2c1.c1ccc2ocnc2c1.c1ccc2sccc2c1.c1ccccc1.c1ccoc1.c1ccsc1. The standard InChI is InChI=1S/C9H12O.C8H6O.C8H6S.C8H10.C7H4F4.C7H5NO.C6H6.C4H4O.C4H4S/c1-3-8-4-6-9(10-2)7-5-8;2*1-2-4-8-7(3-1)5-6-9-8;1-7-3-5-8(2)6-4-7;1-3-6(10)4(8)2-5(9)7(3)11;1-2-4-7-6(3-1)8-5-9-7;1-2-4-6-5-3-1;2*1-2-4-5-3-1/h4-7H,3H2,1-2H3;2*1-6H;3-6H,1-2H3;2H,1H3;1-5H;1-6H;2*1-4H. The molecular formula is C61H57F4NO4S2. The second-order valence-electron chi connectivity index (χ2n) is 14.9. The summed E-state index contributed by atoms with van der Waals surface area (Å²) in [5.41, 5.74) is 6.09. The Morgan fingerprint density at radius 3 is 1.53 bits per heavy atom. The van der Waals surface area contributed by atoms with E-state index in [9.17, 15) is 17.6 Å². The molecule has 0 saturated carbocycles. The number of nitrogens with zero attached hydrogens (tertiary/aromatic N) is 1. The number of furan rings is 2. The van der Waals surface area contributed by atoms with Crippen molar-refractivity contribution >= 4 is 54.8 Å². The molecule has 5 aromatic heterocycles. The number of benzene rings is 7. The molecule has 0 amide bonds. The Kier molecular flexibility index (Phi) is 26.4. The second-order valence-corrected chi connectivity index (χ2v) is 16.7. The van der Waals surface area contributed by atoms with E-state index in [2.05, 4.69) is 102 Å². The van der Waals surface area contributed by atoms with E-state index in [1.165, 1.54) is 33.2 Å². The minimum Gasteiger partial charge on any atom is -0.497 e. The van der Waals surface area contributed by atoms with Gasteiger partial charge in [0, 0.05) is 21.7 Å². The van der Waals surface area contributed by atoms with Gasteiger partial charge in [-0.1, -0.05) is 152 Å². The molecule has 0 fully saturated rings. The Labute approximate surface area is 427 Å². The van der Waals surface area contributed by atoms with E-state index in [0.29, 0.717) is 0 Å². The number of aromatic nitrogens is 1. The highest BCUT2D eigenvalue weighted by molar-refractivity contribution is 7.17. The minimum absolute atomic E-state index is 0.178. The van der Waals surface area contributed by atoms with E-state index in [1.807, 2.05) is 138 Å². The number of thiophene rings is 2. The fourth-order valence-electron chi connectivity index (χ4n) is 5.64. The van der Waals surface area contributed by atoms with Crippen molar-refractivity contribution in [2.75, 3.05) is 7.11 Å². The van der Waals surface area contributed by atoms with Crippen LogP contribution in [-0.2, 0) is 6.42 Å². The average Bonchev–Trinajstić information content (AvgIpc) is 4.31. The van der Waals surface area contributed by atoms with E-state index in [0.717, 1.165) is 41.2 Å². The molecule has 0 unspecified atom stereocenters. The fourth-order valence-corrected chi connectivity index (χ4v) is 6.89. The van der Waals surface area contributed by atoms with Crippen molar-refractivity contribution in [3.05, 3.63) is 287 Å². The molecule has 5 heterocycles. The first-order valence-corrected chi connectivity index (χ1v) is 24.4. The molecule has 0 atom stereocenters. The lowest BCUT2D eigenvalue weighted by molar-refractivity contribution is 0.414. The average molecular weight is 1010 g/mol. The van der Waals surface area contributed by atoms with Gasteiger partial charge in [-0.2, -0.15) is 11.3 Å². The van der Waals surface area contributed by atoms with Gasteiger partial charge in [-0.3, -0.25) is 0 Å². The van der Waals surface area contributed by atoms with E-state index < -0.39 is 28.8 Å². The smallest absolute Gasteiger partial charge is 0.181 e. The highest BCUT2D eigenvalue weighted by atomic mass is 32.1. The van der Waals surface area contributed by atoms with Crippen molar-refractivity contribution < 1.29 is 35.5 Å². The molecule has 0 bridgehead atoms. The molecule has 0 aliphatic heterocycles. The Balaban J connectivity index is 0.000000177. The molecule has 12 aromatic rings. The molecule has 0 N–H and O–H groups in total. The fraction of sp³-hybridized carbons (Fsp3) is 0.0984. The Morgan fingerprint density at radius 2 is 1.04 bits per heavy atom. The summed E-state index contributed by atoms with van der Waals surface area (Å²) < 4.78 is 70.4. The molecule has 0 radical (unpaired) electrons. The van der Waals surface area contributed by atoms with Crippen molar-refractivity contribution in [2.45, 2.75) is 34.1 Å². The first-order chi connectivity index (χ1) is 35.1. The van der Waals surface area contributed by atoms with Crippen LogP contribution in [0.3, 0.4) is 0 Å². The van der Waals surface area contributed by atoms with Gasteiger partial charge in [0.15, 0.2) is 35.2 Å². The van der Waals surface area contributed by atoms with Gasteiger partial charge >= 0.3 is 0 Å². The third-order valence-corrected chi connectivity index (χ3v) is 11.1. The van der Waals surface area contributed by atoms with Crippen molar-refractivity contribution in [3.63, 3.8) is 0 Å². The molecule has 11 heteroatoms. The molecule has 0 aliphatic rings. The summed E-state index contributed by atoms with van der Waals surface area (Å²) in [6.45, 7) is 7.30. The molecule has 370 valence electrons. The van der Waals surface area contributed by atoms with Crippen LogP contribution in [0.15, 0.2) is 255 Å². The number of ether oxygens (including phenoxy) is 1. The van der Waals surface area contributed by atoms with Gasteiger partial charge in [0.25, 0.3) is 0 Å². The number of halogens is 4. The minimum atomic E-state index is -1.37. The molecule has 0 aliphatic carbocycles. The quantitative estimate of drug-likeness (QED) is 0.128. The van der Waals surface area contributed by atoms with Gasteiger partial charge in [-0.15, -0.1) is 11.3 Å². The van der Waals surface area contributed by atoms with Crippen LogP contribution in [0.25, 0.3) is 32.2 Å². The van der Waals surface area contributed by atoms with E-state index >= 15 is 0 Å². The lowest BCUT2D eigenvalue weighted by atomic mass is 10.2. The molecule has 0 saturated heterocycles. The van der Waals surface area contributed by atoms with Gasteiger partial charge in [-0.05, 0) is 115 Å². The van der Waals surface area contributed by atoms with Crippen LogP contribution in [0, 0.1) is 44.0 Å². The second kappa shape index (κ2) is 33.5. The predicted octanol–water partition coefficient (Wildman–Crippen LogP) is 19.0. The van der Waals surface area contributed by atoms with Crippen LogP contribution < -0.4 is 4.74 Å². The molecule has 7 aromatic carbocycles. The van der Waals surface area contributed by atoms with Crippen LogP contribution in [0.2, 0.25) is 0 Å². The Morgan fingerprint density at radius 1 is 0.500 bits per heavy atom. The van der Waals surface area contributed by atoms with Crippen molar-refractivity contribution in [3.8, 4) is 5.75 Å². The third-order valence-electron chi connectivity index (χ3n) is 9.59. The summed E-state index contributed by atoms with van der Waals surface area (Å²) in [6.07, 6.45) is 7.49. The Hall–Kier alpha value is -7.99. The van der Waals surface area contributed by atoms with Crippen LogP contribution in [0.5, 0.6) is 5.75 Å². The van der Waals surface area contributed by atoms with Gasteiger partial charge < -0.3 is 18.0 Å². The number of rotatable bonds is 2. The zero-order valence-corrected chi connectivity index (χ0v) is 42.3. The zero-order valence-electron chi connectivity index (χ0n) is 40.7. The number of methoxy groups -OCH3 is 1. The summed E-state index contributed by atoms with van der Waals surface area (Å²) in [6, 6.07) is 64.6. The van der Waals surface area contributed by atoms with Crippen molar-refractivity contribution in [1.29, 1.82) is 0 Å². The van der Waals surface area contributed by atoms with E-state index in [4.69, 9.17) is 13.6 Å². The maximum Gasteiger partial charge on any atom is 0.181 e. The topological polar surface area (TPSA) is 61.5 Å². The maximum absolute atomic E-state index is 12.4. The molecule has 72 heavy (non-hydrogen) atoms. The van der Waals surface area contributed by atoms with Gasteiger partial charge in [0.1, 0.15) is 16.8 Å². The highest BCUT2D eigenvalue weighted by Crippen LogP contribution is 2.20. The lowest BCUT2D eigenvalue weighted by Gasteiger charge is -1.99. The number of fused-ring (bicyclic) bond motifs is 3. The largest absolute Gasteiger partial charge is 0.497 e. The summed E-state index contributed by atoms with van der Waals surface area (Å²) in [7, 11) is 1.68. The van der Waals surface area contributed by atoms with Crippen molar-refractivity contribution in [1.82, 2.24) is 4.98 Å². The number of oxazole rings is 1. The van der Waals surface area contributed by atoms with E-state index in [-0.39, 0.29) is 6.07 Å². The maximum atomic E-state index is 12.4. The third kappa shape index (κ3) is 21.8. The highest BCUT2D eigenvalue weighted by Gasteiger charge is 2.14. The molecular weight excluding hydrogens is 951 g/mol. The normalized spacial score (nSPS) is 9.51. The number of para-hydroxylation sites is 3. The predicted molar refractivity (Wildman–Crippen MR) is 291 cm³/mol. The van der Waals surface area contributed by atoms with Gasteiger partial charge in [-0.25, -0.2) is 22.5 Å². The first-order valence-electron chi connectivity index (χ1n) is 22.6. The summed E-state index contributed by atoms with van der Waals surface area (Å²) >= 11 is 3.50. The van der Waals surface area contributed by atoms with Crippen LogP contribution >= 0.6 is 22.7 Å². The summed E-state index contributed by atoms with van der Waals surface area (Å²) in [4.78, 5) is 3.95. The molecule has 12 rings (SSSR count). The monoisotopic (exact) mass is 1010 g/mol. The molecule has 5 nitrogen and oxygen atoms in total. The number of aryl methyl sites for hydroxylation is 3. The number of hydrogen-bond acceptors (Lipinski definition) is 7. The van der Waals surface area contributed by atoms with Gasteiger partial charge in [0.05, 0.1) is 25.9 Å². The first kappa shape index (κ1) is 56.6. The molecule has 0 spiro atoms. The van der Waals surface area contributed by atoms with E-state index in [1.54, 1.807) is 48.6 Å². The Bertz CT molecular complexity index is 2780.